The van der Waals surface area contributed by atoms with Crippen molar-refractivity contribution in [2.24, 2.45) is 0 Å². The predicted octanol–water partition coefficient (Wildman–Crippen LogP) is -0.524. The number of carboxylic acids is 2. The minimum Gasteiger partial charge on any atom is -0.481 e. The van der Waals surface area contributed by atoms with Gasteiger partial charge in [-0.05, 0) is 14.1 Å². The molecule has 2 N–H and O–H groups in total. The van der Waals surface area contributed by atoms with Crippen LogP contribution in [-0.4, -0.2) is 47.2 Å². The molecule has 0 radical (unpaired) electrons. The van der Waals surface area contributed by atoms with Gasteiger partial charge in [0.15, 0.2) is 0 Å². The van der Waals surface area contributed by atoms with E-state index in [1.165, 1.54) is 19.0 Å². The Labute approximate surface area is 64.2 Å². The van der Waals surface area contributed by atoms with E-state index in [0.29, 0.717) is 0 Å². The fourth-order valence-electron chi connectivity index (χ4n) is 0.656. The first kappa shape index (κ1) is 9.90. The lowest BCUT2D eigenvalue weighted by molar-refractivity contribution is -0.148. The van der Waals surface area contributed by atoms with E-state index in [1.807, 2.05) is 0 Å². The van der Waals surface area contributed by atoms with E-state index in [0.717, 1.165) is 0 Å². The third-order valence-corrected chi connectivity index (χ3v) is 1.28. The van der Waals surface area contributed by atoms with Crippen molar-refractivity contribution >= 4 is 11.9 Å². The molecular weight excluding hydrogens is 150 g/mol. The van der Waals surface area contributed by atoms with Crippen LogP contribution >= 0.6 is 0 Å². The number of likely N-dealkylation sites (N-methyl/N-ethyl adjacent to an activating group) is 1. The van der Waals surface area contributed by atoms with Crippen molar-refractivity contribution in [3.05, 3.63) is 0 Å². The minimum absolute atomic E-state index is 0.373. The van der Waals surface area contributed by atoms with Crippen LogP contribution in [0, 0.1) is 0 Å². The first-order valence-electron chi connectivity index (χ1n) is 3.06. The van der Waals surface area contributed by atoms with Crippen LogP contribution in [-0.2, 0) is 9.59 Å². The van der Waals surface area contributed by atoms with Gasteiger partial charge in [0.2, 0.25) is 0 Å². The zero-order chi connectivity index (χ0) is 9.02. The smallest absolute Gasteiger partial charge is 0.321 e. The number of carboxylic acid groups (broad SMARTS) is 2. The molecular formula is C6H11NO4. The highest BCUT2D eigenvalue weighted by Gasteiger charge is 2.22. The highest BCUT2D eigenvalue weighted by atomic mass is 16.4. The molecule has 0 aliphatic heterocycles. The van der Waals surface area contributed by atoms with Crippen LogP contribution in [0.5, 0.6) is 0 Å². The molecule has 0 aromatic carbocycles. The summed E-state index contributed by atoms with van der Waals surface area (Å²) in [6.45, 7) is 0. The molecule has 0 heterocycles. The number of carbonyl (C=O) groups is 2. The van der Waals surface area contributed by atoms with Gasteiger partial charge in [-0.2, -0.15) is 0 Å². The van der Waals surface area contributed by atoms with E-state index in [9.17, 15) is 9.59 Å². The van der Waals surface area contributed by atoms with Crippen LogP contribution in [0.1, 0.15) is 6.42 Å². The maximum Gasteiger partial charge on any atom is 0.321 e. The van der Waals surface area contributed by atoms with E-state index < -0.39 is 18.0 Å². The number of hydrogen-bond acceptors (Lipinski definition) is 3. The molecule has 0 unspecified atom stereocenters. The normalized spacial score (nSPS) is 13.0. The van der Waals surface area contributed by atoms with Crippen LogP contribution in [0.4, 0.5) is 0 Å². The fraction of sp³-hybridized carbons (Fsp3) is 0.667. The molecule has 0 bridgehead atoms. The molecule has 1 atom stereocenters. The molecule has 0 rings (SSSR count). The Kier molecular flexibility index (Phi) is 3.53. The monoisotopic (exact) mass is 161 g/mol. The average molecular weight is 161 g/mol. The first-order valence-corrected chi connectivity index (χ1v) is 3.06. The summed E-state index contributed by atoms with van der Waals surface area (Å²) in [5.74, 6) is -2.22. The van der Waals surface area contributed by atoms with Gasteiger partial charge in [-0.1, -0.05) is 0 Å². The van der Waals surface area contributed by atoms with Gasteiger partial charge in [0.25, 0.3) is 0 Å². The first-order chi connectivity index (χ1) is 4.95. The highest BCUT2D eigenvalue weighted by molar-refractivity contribution is 5.80. The molecule has 5 nitrogen and oxygen atoms in total. The number of hydrogen-bond donors (Lipinski definition) is 2. The summed E-state index contributed by atoms with van der Waals surface area (Å²) in [7, 11) is 3.06. The topological polar surface area (TPSA) is 77.8 Å². The fourth-order valence-corrected chi connectivity index (χ4v) is 0.656. The predicted molar refractivity (Wildman–Crippen MR) is 37.4 cm³/mol. The van der Waals surface area contributed by atoms with Crippen LogP contribution in [0.25, 0.3) is 0 Å². The van der Waals surface area contributed by atoms with Crippen LogP contribution in [0.2, 0.25) is 0 Å². The largest absolute Gasteiger partial charge is 0.481 e. The molecule has 0 aliphatic carbocycles. The van der Waals surface area contributed by atoms with E-state index in [4.69, 9.17) is 10.2 Å². The summed E-state index contributed by atoms with van der Waals surface area (Å²) in [5.41, 5.74) is 0. The SMILES string of the molecule is CN(C)[C@H](CC(=O)O)C(=O)O. The molecule has 11 heavy (non-hydrogen) atoms. The van der Waals surface area contributed by atoms with Crippen molar-refractivity contribution in [2.75, 3.05) is 14.1 Å². The Hall–Kier alpha value is -1.10. The minimum atomic E-state index is -1.11. The lowest BCUT2D eigenvalue weighted by atomic mass is 10.2. The standard InChI is InChI=1S/C6H11NO4/c1-7(2)4(6(10)11)3-5(8)9/h4H,3H2,1-2H3,(H,8,9)(H,10,11)/t4-/m1/s1. The third kappa shape index (κ3) is 3.57. The summed E-state index contributed by atoms with van der Waals surface area (Å²) < 4.78 is 0. The van der Waals surface area contributed by atoms with Gasteiger partial charge in [-0.3, -0.25) is 14.5 Å². The summed E-state index contributed by atoms with van der Waals surface area (Å²) in [6.07, 6.45) is -0.373. The second kappa shape index (κ2) is 3.92. The van der Waals surface area contributed by atoms with Crippen molar-refractivity contribution in [3.63, 3.8) is 0 Å². The molecule has 0 aliphatic rings. The maximum atomic E-state index is 10.4. The Morgan fingerprint density at radius 3 is 1.91 bits per heavy atom. The van der Waals surface area contributed by atoms with Gasteiger partial charge in [0.05, 0.1) is 6.42 Å². The second-order valence-electron chi connectivity index (χ2n) is 2.42. The Bertz CT molecular complexity index is 166. The summed E-state index contributed by atoms with van der Waals surface area (Å²) in [5, 5.41) is 16.8. The average Bonchev–Trinajstić information content (AvgIpc) is 1.81. The van der Waals surface area contributed by atoms with Crippen molar-refractivity contribution in [2.45, 2.75) is 12.5 Å². The molecule has 0 saturated carbocycles. The summed E-state index contributed by atoms with van der Waals surface area (Å²) in [4.78, 5) is 21.9. The molecule has 0 spiro atoms. The van der Waals surface area contributed by atoms with Gasteiger partial charge < -0.3 is 10.2 Å². The third-order valence-electron chi connectivity index (χ3n) is 1.28. The van der Waals surface area contributed by atoms with E-state index in [1.54, 1.807) is 0 Å². The molecule has 0 amide bonds. The van der Waals surface area contributed by atoms with E-state index in [2.05, 4.69) is 0 Å². The Balaban J connectivity index is 4.12. The van der Waals surface area contributed by atoms with Crippen LogP contribution < -0.4 is 0 Å². The van der Waals surface area contributed by atoms with E-state index in [-0.39, 0.29) is 6.42 Å². The number of nitrogens with zero attached hydrogens (tertiary/aromatic N) is 1. The van der Waals surface area contributed by atoms with Crippen LogP contribution in [0.15, 0.2) is 0 Å². The van der Waals surface area contributed by atoms with Crippen molar-refractivity contribution in [1.29, 1.82) is 0 Å². The van der Waals surface area contributed by atoms with Gasteiger partial charge in [0, 0.05) is 0 Å². The zero-order valence-corrected chi connectivity index (χ0v) is 6.44. The number of aliphatic carboxylic acids is 2. The van der Waals surface area contributed by atoms with Crippen molar-refractivity contribution < 1.29 is 19.8 Å². The second-order valence-corrected chi connectivity index (χ2v) is 2.42. The lowest BCUT2D eigenvalue weighted by Gasteiger charge is -2.17. The Morgan fingerprint density at radius 2 is 1.82 bits per heavy atom. The molecule has 64 valence electrons. The quantitative estimate of drug-likeness (QED) is 0.579. The van der Waals surface area contributed by atoms with Crippen molar-refractivity contribution in [1.82, 2.24) is 4.90 Å². The highest BCUT2D eigenvalue weighted by Crippen LogP contribution is 1.99. The lowest BCUT2D eigenvalue weighted by Crippen LogP contribution is -2.37. The molecule has 0 aromatic rings. The molecule has 0 fully saturated rings. The maximum absolute atomic E-state index is 10.4. The summed E-state index contributed by atoms with van der Waals surface area (Å²) >= 11 is 0. The summed E-state index contributed by atoms with van der Waals surface area (Å²) in [6, 6.07) is -0.938. The van der Waals surface area contributed by atoms with Crippen LogP contribution in [0.3, 0.4) is 0 Å². The van der Waals surface area contributed by atoms with Gasteiger partial charge >= 0.3 is 11.9 Å². The Morgan fingerprint density at radius 1 is 1.36 bits per heavy atom. The molecule has 5 heteroatoms. The van der Waals surface area contributed by atoms with Crippen molar-refractivity contribution in [3.8, 4) is 0 Å². The van der Waals surface area contributed by atoms with E-state index >= 15 is 0 Å². The zero-order valence-electron chi connectivity index (χ0n) is 6.44. The van der Waals surface area contributed by atoms with Gasteiger partial charge in [0.1, 0.15) is 6.04 Å². The molecule has 0 aromatic heterocycles. The number of rotatable bonds is 4. The van der Waals surface area contributed by atoms with Gasteiger partial charge in [-0.15, -0.1) is 0 Å². The van der Waals surface area contributed by atoms with Gasteiger partial charge in [-0.25, -0.2) is 0 Å². The molecule has 0 saturated heterocycles.